The molecule has 0 bridgehead atoms. The molecule has 0 aromatic heterocycles. The maximum Gasteiger partial charge on any atom is 0.124 e. The standard InChI is InChI=1S/C15H14ClF2N/c16-15-8-14(18)5-4-11(15)6-12(9-19)10-2-1-3-13(17)7-10/h1-5,7-8,12H,6,9,19H2. The molecule has 19 heavy (non-hydrogen) atoms. The Morgan fingerprint density at radius 2 is 1.79 bits per heavy atom. The fraction of sp³-hybridized carbons (Fsp3) is 0.200. The van der Waals surface area contributed by atoms with E-state index in [2.05, 4.69) is 0 Å². The smallest absolute Gasteiger partial charge is 0.124 e. The van der Waals surface area contributed by atoms with Gasteiger partial charge in [-0.25, -0.2) is 8.78 Å². The molecule has 0 saturated carbocycles. The van der Waals surface area contributed by atoms with E-state index in [4.69, 9.17) is 17.3 Å². The minimum Gasteiger partial charge on any atom is -0.330 e. The van der Waals surface area contributed by atoms with Gasteiger partial charge in [-0.05, 0) is 48.4 Å². The zero-order valence-electron chi connectivity index (χ0n) is 10.2. The van der Waals surface area contributed by atoms with E-state index in [9.17, 15) is 8.78 Å². The molecule has 0 radical (unpaired) electrons. The monoisotopic (exact) mass is 281 g/mol. The van der Waals surface area contributed by atoms with Crippen LogP contribution in [0.1, 0.15) is 17.0 Å². The van der Waals surface area contributed by atoms with Crippen LogP contribution in [0.2, 0.25) is 5.02 Å². The summed E-state index contributed by atoms with van der Waals surface area (Å²) in [6.07, 6.45) is 0.555. The lowest BCUT2D eigenvalue weighted by molar-refractivity contribution is 0.615. The number of hydrogen-bond donors (Lipinski definition) is 1. The average Bonchev–Trinajstić information content (AvgIpc) is 2.38. The first-order chi connectivity index (χ1) is 9.10. The van der Waals surface area contributed by atoms with Gasteiger partial charge >= 0.3 is 0 Å². The lowest BCUT2D eigenvalue weighted by Gasteiger charge is -2.16. The van der Waals surface area contributed by atoms with Crippen molar-refractivity contribution in [3.63, 3.8) is 0 Å². The van der Waals surface area contributed by atoms with Crippen LogP contribution in [0.3, 0.4) is 0 Å². The second-order valence-corrected chi connectivity index (χ2v) is 4.83. The summed E-state index contributed by atoms with van der Waals surface area (Å²) >= 11 is 5.99. The van der Waals surface area contributed by atoms with Gasteiger partial charge in [-0.2, -0.15) is 0 Å². The molecule has 0 spiro atoms. The first kappa shape index (κ1) is 14.0. The second kappa shape index (κ2) is 6.13. The fourth-order valence-electron chi connectivity index (χ4n) is 2.05. The van der Waals surface area contributed by atoms with E-state index in [-0.39, 0.29) is 17.6 Å². The van der Waals surface area contributed by atoms with E-state index in [1.165, 1.54) is 24.3 Å². The summed E-state index contributed by atoms with van der Waals surface area (Å²) in [6.45, 7) is 0.372. The molecule has 0 aliphatic rings. The summed E-state index contributed by atoms with van der Waals surface area (Å²) in [6, 6.07) is 10.6. The summed E-state index contributed by atoms with van der Waals surface area (Å²) in [7, 11) is 0. The third kappa shape index (κ3) is 3.52. The van der Waals surface area contributed by atoms with Gasteiger partial charge in [-0.1, -0.05) is 29.8 Å². The Kier molecular flexibility index (Phi) is 4.51. The van der Waals surface area contributed by atoms with Gasteiger partial charge in [0.25, 0.3) is 0 Å². The van der Waals surface area contributed by atoms with Crippen LogP contribution in [-0.4, -0.2) is 6.54 Å². The highest BCUT2D eigenvalue weighted by Crippen LogP contribution is 2.25. The Morgan fingerprint density at radius 3 is 2.42 bits per heavy atom. The van der Waals surface area contributed by atoms with Gasteiger partial charge in [0.05, 0.1) is 0 Å². The first-order valence-corrected chi connectivity index (χ1v) is 6.37. The maximum absolute atomic E-state index is 13.2. The van der Waals surface area contributed by atoms with Crippen molar-refractivity contribution >= 4 is 11.6 Å². The van der Waals surface area contributed by atoms with Crippen LogP contribution in [0.5, 0.6) is 0 Å². The molecular weight excluding hydrogens is 268 g/mol. The van der Waals surface area contributed by atoms with Crippen LogP contribution >= 0.6 is 11.6 Å². The first-order valence-electron chi connectivity index (χ1n) is 5.99. The van der Waals surface area contributed by atoms with Crippen molar-refractivity contribution in [2.75, 3.05) is 6.54 Å². The molecule has 1 atom stereocenters. The Morgan fingerprint density at radius 1 is 1.05 bits per heavy atom. The SMILES string of the molecule is NCC(Cc1ccc(F)cc1Cl)c1cccc(F)c1. The van der Waals surface area contributed by atoms with Crippen molar-refractivity contribution in [1.29, 1.82) is 0 Å². The van der Waals surface area contributed by atoms with Gasteiger partial charge in [0.1, 0.15) is 11.6 Å². The van der Waals surface area contributed by atoms with Crippen LogP contribution in [0, 0.1) is 11.6 Å². The Labute approximate surface area is 116 Å². The van der Waals surface area contributed by atoms with Crippen molar-refractivity contribution < 1.29 is 8.78 Å². The molecule has 0 aliphatic carbocycles. The van der Waals surface area contributed by atoms with Gasteiger partial charge in [0.15, 0.2) is 0 Å². The summed E-state index contributed by atoms with van der Waals surface area (Å²) < 4.78 is 26.2. The summed E-state index contributed by atoms with van der Waals surface area (Å²) in [4.78, 5) is 0. The zero-order chi connectivity index (χ0) is 13.8. The van der Waals surface area contributed by atoms with Crippen LogP contribution in [0.25, 0.3) is 0 Å². The molecule has 100 valence electrons. The van der Waals surface area contributed by atoms with E-state index in [0.717, 1.165) is 11.1 Å². The molecule has 2 N–H and O–H groups in total. The molecule has 4 heteroatoms. The Hall–Kier alpha value is -1.45. The highest BCUT2D eigenvalue weighted by molar-refractivity contribution is 6.31. The molecule has 1 unspecified atom stereocenters. The van der Waals surface area contributed by atoms with Crippen LogP contribution in [0.15, 0.2) is 42.5 Å². The number of halogens is 3. The minimum absolute atomic E-state index is 0.0429. The average molecular weight is 282 g/mol. The van der Waals surface area contributed by atoms with Crippen LogP contribution in [-0.2, 0) is 6.42 Å². The molecular formula is C15H14ClF2N. The predicted octanol–water partition coefficient (Wildman–Crippen LogP) is 3.90. The normalized spacial score (nSPS) is 12.4. The van der Waals surface area contributed by atoms with Crippen molar-refractivity contribution in [1.82, 2.24) is 0 Å². The molecule has 0 fully saturated rings. The number of rotatable bonds is 4. The molecule has 0 saturated heterocycles. The molecule has 0 aliphatic heterocycles. The third-order valence-electron chi connectivity index (χ3n) is 3.09. The van der Waals surface area contributed by atoms with Gasteiger partial charge in [0, 0.05) is 10.9 Å². The number of nitrogens with two attached hydrogens (primary N) is 1. The minimum atomic E-state index is -0.371. The van der Waals surface area contributed by atoms with E-state index in [0.29, 0.717) is 18.0 Å². The third-order valence-corrected chi connectivity index (χ3v) is 3.44. The number of hydrogen-bond acceptors (Lipinski definition) is 1. The van der Waals surface area contributed by atoms with E-state index in [1.54, 1.807) is 12.1 Å². The van der Waals surface area contributed by atoms with E-state index in [1.807, 2.05) is 6.07 Å². The lowest BCUT2D eigenvalue weighted by atomic mass is 9.92. The quantitative estimate of drug-likeness (QED) is 0.904. The highest BCUT2D eigenvalue weighted by Gasteiger charge is 2.13. The lowest BCUT2D eigenvalue weighted by Crippen LogP contribution is -2.15. The molecule has 0 heterocycles. The zero-order valence-corrected chi connectivity index (χ0v) is 11.0. The summed E-state index contributed by atoms with van der Waals surface area (Å²) in [5, 5.41) is 0.370. The van der Waals surface area contributed by atoms with Crippen LogP contribution in [0.4, 0.5) is 8.78 Å². The second-order valence-electron chi connectivity index (χ2n) is 4.43. The summed E-state index contributed by atoms with van der Waals surface area (Å²) in [5.41, 5.74) is 7.37. The highest BCUT2D eigenvalue weighted by atomic mass is 35.5. The molecule has 2 aromatic carbocycles. The molecule has 2 aromatic rings. The van der Waals surface area contributed by atoms with Crippen molar-refractivity contribution in [3.05, 3.63) is 70.2 Å². The molecule has 1 nitrogen and oxygen atoms in total. The Balaban J connectivity index is 2.24. The predicted molar refractivity (Wildman–Crippen MR) is 73.3 cm³/mol. The van der Waals surface area contributed by atoms with Crippen molar-refractivity contribution in [2.45, 2.75) is 12.3 Å². The fourth-order valence-corrected chi connectivity index (χ4v) is 2.29. The molecule has 2 rings (SSSR count). The largest absolute Gasteiger partial charge is 0.330 e. The van der Waals surface area contributed by atoms with E-state index >= 15 is 0 Å². The Bertz CT molecular complexity index is 572. The van der Waals surface area contributed by atoms with Crippen molar-refractivity contribution in [2.24, 2.45) is 5.73 Å². The number of benzene rings is 2. The van der Waals surface area contributed by atoms with Gasteiger partial charge in [-0.15, -0.1) is 0 Å². The van der Waals surface area contributed by atoms with Crippen LogP contribution < -0.4 is 5.73 Å². The van der Waals surface area contributed by atoms with Gasteiger partial charge in [-0.3, -0.25) is 0 Å². The van der Waals surface area contributed by atoms with Gasteiger partial charge in [0.2, 0.25) is 0 Å². The molecule has 0 amide bonds. The summed E-state index contributed by atoms with van der Waals surface area (Å²) in [5.74, 6) is -0.705. The topological polar surface area (TPSA) is 26.0 Å². The van der Waals surface area contributed by atoms with E-state index < -0.39 is 0 Å². The maximum atomic E-state index is 13.2. The van der Waals surface area contributed by atoms with Crippen molar-refractivity contribution in [3.8, 4) is 0 Å². The van der Waals surface area contributed by atoms with Gasteiger partial charge < -0.3 is 5.73 Å².